The van der Waals surface area contributed by atoms with Crippen molar-refractivity contribution in [1.29, 1.82) is 0 Å². The molecule has 1 heterocycles. The Morgan fingerprint density at radius 1 is 1.14 bits per heavy atom. The van der Waals surface area contributed by atoms with E-state index >= 15 is 0 Å². The van der Waals surface area contributed by atoms with Crippen molar-refractivity contribution in [1.82, 2.24) is 5.32 Å². The van der Waals surface area contributed by atoms with Crippen LogP contribution in [0.4, 0.5) is 5.69 Å². The van der Waals surface area contributed by atoms with E-state index in [2.05, 4.69) is 17.3 Å². The Labute approximate surface area is 164 Å². The molecule has 7 nitrogen and oxygen atoms in total. The summed E-state index contributed by atoms with van der Waals surface area (Å²) in [6.45, 7) is 1.07. The minimum absolute atomic E-state index is 0.0883. The molecule has 150 valence electrons. The van der Waals surface area contributed by atoms with Gasteiger partial charge in [0.05, 0.1) is 33.0 Å². The smallest absolute Gasteiger partial charge is 0.255 e. The second kappa shape index (κ2) is 8.39. The lowest BCUT2D eigenvalue weighted by atomic mass is 10.0. The van der Waals surface area contributed by atoms with Crippen LogP contribution < -0.4 is 24.4 Å². The van der Waals surface area contributed by atoms with Gasteiger partial charge in [0, 0.05) is 25.8 Å². The average Bonchev–Trinajstić information content (AvgIpc) is 3.10. The topological polar surface area (TPSA) is 80.3 Å². The van der Waals surface area contributed by atoms with Gasteiger partial charge in [-0.2, -0.15) is 0 Å². The summed E-state index contributed by atoms with van der Waals surface area (Å²) in [6, 6.07) is 9.16. The normalized spacial score (nSPS) is 13.7. The summed E-state index contributed by atoms with van der Waals surface area (Å²) in [6.07, 6.45) is 0.160. The van der Waals surface area contributed by atoms with Crippen molar-refractivity contribution in [2.75, 3.05) is 46.4 Å². The van der Waals surface area contributed by atoms with E-state index < -0.39 is 6.10 Å². The number of fused-ring (bicyclic) bond motifs is 1. The van der Waals surface area contributed by atoms with E-state index in [9.17, 15) is 9.90 Å². The SMILES string of the molecule is COc1ccc(C(=O)NCC(O)c2ccc3c(c2)CCN3C)c(OC)c1OC. The summed E-state index contributed by atoms with van der Waals surface area (Å²) >= 11 is 0. The number of anilines is 1. The minimum Gasteiger partial charge on any atom is -0.493 e. The van der Waals surface area contributed by atoms with Gasteiger partial charge >= 0.3 is 0 Å². The standard InChI is InChI=1S/C21H26N2O5/c1-23-10-9-13-11-14(5-7-16(13)23)17(24)12-22-21(25)15-6-8-18(26-2)20(28-4)19(15)27-3/h5-8,11,17,24H,9-10,12H2,1-4H3,(H,22,25). The van der Waals surface area contributed by atoms with Gasteiger partial charge < -0.3 is 29.5 Å². The lowest BCUT2D eigenvalue weighted by Gasteiger charge is -2.17. The molecule has 1 aliphatic heterocycles. The van der Waals surface area contributed by atoms with Gasteiger partial charge in [0.15, 0.2) is 11.5 Å². The fourth-order valence-electron chi connectivity index (χ4n) is 3.48. The summed E-state index contributed by atoms with van der Waals surface area (Å²) in [5, 5.41) is 13.3. The Balaban J connectivity index is 1.72. The van der Waals surface area contributed by atoms with Crippen LogP contribution in [0.5, 0.6) is 17.2 Å². The maximum Gasteiger partial charge on any atom is 0.255 e. The first-order valence-electron chi connectivity index (χ1n) is 9.09. The van der Waals surface area contributed by atoms with Crippen LogP contribution in [-0.2, 0) is 6.42 Å². The number of likely N-dealkylation sites (N-methyl/N-ethyl adjacent to an activating group) is 1. The van der Waals surface area contributed by atoms with E-state index in [-0.39, 0.29) is 18.2 Å². The van der Waals surface area contributed by atoms with Crippen molar-refractivity contribution >= 4 is 11.6 Å². The van der Waals surface area contributed by atoms with E-state index in [0.29, 0.717) is 17.1 Å². The predicted octanol–water partition coefficient (Wildman–Crippen LogP) is 2.17. The van der Waals surface area contributed by atoms with Crippen molar-refractivity contribution in [3.8, 4) is 17.2 Å². The second-order valence-electron chi connectivity index (χ2n) is 6.67. The molecule has 0 bridgehead atoms. The molecule has 7 heteroatoms. The molecule has 1 atom stereocenters. The average molecular weight is 386 g/mol. The molecule has 1 unspecified atom stereocenters. The second-order valence-corrected chi connectivity index (χ2v) is 6.67. The highest BCUT2D eigenvalue weighted by atomic mass is 16.5. The zero-order valence-electron chi connectivity index (χ0n) is 16.6. The third kappa shape index (κ3) is 3.71. The first-order valence-corrected chi connectivity index (χ1v) is 9.09. The number of nitrogens with zero attached hydrogens (tertiary/aromatic N) is 1. The quantitative estimate of drug-likeness (QED) is 0.759. The van der Waals surface area contributed by atoms with E-state index in [1.54, 1.807) is 12.1 Å². The number of ether oxygens (including phenoxy) is 3. The first kappa shape index (κ1) is 19.8. The number of nitrogens with one attached hydrogen (secondary N) is 1. The Hall–Kier alpha value is -2.93. The van der Waals surface area contributed by atoms with Crippen LogP contribution in [0, 0.1) is 0 Å². The van der Waals surface area contributed by atoms with Crippen LogP contribution >= 0.6 is 0 Å². The van der Waals surface area contributed by atoms with Crippen molar-refractivity contribution in [3.63, 3.8) is 0 Å². The Morgan fingerprint density at radius 3 is 2.57 bits per heavy atom. The number of hydrogen-bond acceptors (Lipinski definition) is 6. The maximum absolute atomic E-state index is 12.7. The van der Waals surface area contributed by atoms with Gasteiger partial charge in [0.2, 0.25) is 5.75 Å². The number of aliphatic hydroxyl groups is 1. The summed E-state index contributed by atoms with van der Waals surface area (Å²) < 4.78 is 15.9. The Kier molecular flexibility index (Phi) is 5.94. The number of aliphatic hydroxyl groups excluding tert-OH is 1. The zero-order valence-corrected chi connectivity index (χ0v) is 16.6. The summed E-state index contributed by atoms with van der Waals surface area (Å²) in [5.74, 6) is 0.743. The molecule has 0 saturated heterocycles. The highest BCUT2D eigenvalue weighted by molar-refractivity contribution is 5.98. The molecule has 0 aliphatic carbocycles. The molecule has 1 aliphatic rings. The third-order valence-corrected chi connectivity index (χ3v) is 5.02. The molecule has 1 amide bonds. The van der Waals surface area contributed by atoms with Gasteiger partial charge in [-0.3, -0.25) is 4.79 Å². The number of carbonyl (C=O) groups is 1. The molecule has 0 fully saturated rings. The van der Waals surface area contributed by atoms with Crippen molar-refractivity contribution < 1.29 is 24.1 Å². The molecule has 2 aromatic carbocycles. The highest BCUT2D eigenvalue weighted by Crippen LogP contribution is 2.39. The van der Waals surface area contributed by atoms with Gasteiger partial charge in [-0.05, 0) is 35.7 Å². The lowest BCUT2D eigenvalue weighted by Crippen LogP contribution is -2.28. The van der Waals surface area contributed by atoms with Crippen LogP contribution in [0.25, 0.3) is 0 Å². The molecule has 0 radical (unpaired) electrons. The van der Waals surface area contributed by atoms with Crippen molar-refractivity contribution in [3.05, 3.63) is 47.0 Å². The van der Waals surface area contributed by atoms with Gasteiger partial charge in [-0.15, -0.1) is 0 Å². The summed E-state index contributed by atoms with van der Waals surface area (Å²) in [5.41, 5.74) is 3.50. The molecular formula is C21H26N2O5. The third-order valence-electron chi connectivity index (χ3n) is 5.02. The number of benzene rings is 2. The van der Waals surface area contributed by atoms with Crippen LogP contribution in [0.2, 0.25) is 0 Å². The van der Waals surface area contributed by atoms with Crippen LogP contribution in [0.1, 0.15) is 27.6 Å². The monoisotopic (exact) mass is 386 g/mol. The molecule has 0 aromatic heterocycles. The van der Waals surface area contributed by atoms with Gasteiger partial charge in [-0.1, -0.05) is 12.1 Å². The van der Waals surface area contributed by atoms with E-state index in [1.807, 2.05) is 18.2 Å². The van der Waals surface area contributed by atoms with Gasteiger partial charge in [-0.25, -0.2) is 0 Å². The van der Waals surface area contributed by atoms with E-state index in [4.69, 9.17) is 14.2 Å². The largest absolute Gasteiger partial charge is 0.493 e. The van der Waals surface area contributed by atoms with Crippen LogP contribution in [0.15, 0.2) is 30.3 Å². The minimum atomic E-state index is -0.800. The molecule has 0 saturated carbocycles. The fraction of sp³-hybridized carbons (Fsp3) is 0.381. The molecule has 2 aromatic rings. The number of methoxy groups -OCH3 is 3. The summed E-state index contributed by atoms with van der Waals surface area (Å²) in [4.78, 5) is 14.8. The predicted molar refractivity (Wildman–Crippen MR) is 107 cm³/mol. The molecule has 2 N–H and O–H groups in total. The van der Waals surface area contributed by atoms with E-state index in [0.717, 1.165) is 18.5 Å². The van der Waals surface area contributed by atoms with Crippen LogP contribution in [0.3, 0.4) is 0 Å². The Bertz CT molecular complexity index is 868. The highest BCUT2D eigenvalue weighted by Gasteiger charge is 2.22. The van der Waals surface area contributed by atoms with Crippen LogP contribution in [-0.4, -0.2) is 52.5 Å². The van der Waals surface area contributed by atoms with Crippen molar-refractivity contribution in [2.24, 2.45) is 0 Å². The number of carbonyl (C=O) groups excluding carboxylic acids is 1. The Morgan fingerprint density at radius 2 is 1.89 bits per heavy atom. The number of rotatable bonds is 7. The first-order chi connectivity index (χ1) is 13.5. The molecule has 28 heavy (non-hydrogen) atoms. The fourth-order valence-corrected chi connectivity index (χ4v) is 3.48. The van der Waals surface area contributed by atoms with Gasteiger partial charge in [0.1, 0.15) is 0 Å². The van der Waals surface area contributed by atoms with E-state index in [1.165, 1.54) is 32.6 Å². The number of hydrogen-bond donors (Lipinski definition) is 2. The maximum atomic E-state index is 12.7. The lowest BCUT2D eigenvalue weighted by molar-refractivity contribution is 0.0912. The molecule has 3 rings (SSSR count). The van der Waals surface area contributed by atoms with Gasteiger partial charge in [0.25, 0.3) is 5.91 Å². The number of amides is 1. The molecule has 0 spiro atoms. The zero-order chi connectivity index (χ0) is 20.3. The molecular weight excluding hydrogens is 360 g/mol. The van der Waals surface area contributed by atoms with Crippen molar-refractivity contribution in [2.45, 2.75) is 12.5 Å². The summed E-state index contributed by atoms with van der Waals surface area (Å²) in [7, 11) is 6.52.